The van der Waals surface area contributed by atoms with Crippen molar-refractivity contribution in [3.8, 4) is 0 Å². The van der Waals surface area contributed by atoms with E-state index in [-0.39, 0.29) is 17.9 Å². The lowest BCUT2D eigenvalue weighted by Gasteiger charge is -2.44. The third-order valence-corrected chi connectivity index (χ3v) is 9.46. The summed E-state index contributed by atoms with van der Waals surface area (Å²) >= 11 is 1.44. The number of thiazole rings is 1. The van der Waals surface area contributed by atoms with Gasteiger partial charge in [0.15, 0.2) is 76.0 Å². The number of carbonyl (C=O) groups excluding carboxylic acids is 1. The fraction of sp³-hybridized carbons (Fsp3) is 0.0286. The van der Waals surface area contributed by atoms with E-state index >= 15 is 35.1 Å². The highest BCUT2D eigenvalue weighted by atomic mass is 32.1. The Morgan fingerprint density at radius 1 is 0.426 bits per heavy atom. The highest BCUT2D eigenvalue weighted by Crippen LogP contribution is 2.30. The van der Waals surface area contributed by atoms with Crippen molar-refractivity contribution in [1.82, 2.24) is 0 Å². The normalized spacial score (nSPS) is 11.6. The number of hydrogen-bond donors (Lipinski definition) is 0. The van der Waals surface area contributed by atoms with Crippen LogP contribution < -0.4 is 26.4 Å². The number of halogens is 22. The molecule has 0 atom stereocenters. The van der Waals surface area contributed by atoms with E-state index in [4.69, 9.17) is 0 Å². The molecule has 0 amide bonds. The minimum atomic E-state index is -7.22. The van der Waals surface area contributed by atoms with E-state index in [0.29, 0.717) is 6.07 Å². The number of hydrogen-bond acceptors (Lipinski definition) is 2. The summed E-state index contributed by atoms with van der Waals surface area (Å²) < 4.78 is 321. The first-order valence-corrected chi connectivity index (χ1v) is 16.4. The molecule has 0 aliphatic heterocycles. The van der Waals surface area contributed by atoms with E-state index in [1.807, 2.05) is 5.38 Å². The van der Waals surface area contributed by atoms with E-state index in [1.54, 1.807) is 16.3 Å². The smallest absolute Gasteiger partial charge is 0.230 e. The van der Waals surface area contributed by atoms with Gasteiger partial charge in [0.2, 0.25) is 17.8 Å². The van der Waals surface area contributed by atoms with Crippen molar-refractivity contribution in [3.63, 3.8) is 0 Å². The molecule has 322 valence electrons. The van der Waals surface area contributed by atoms with Gasteiger partial charge in [-0.3, -0.25) is 4.79 Å². The van der Waals surface area contributed by atoms with Crippen LogP contribution in [0.1, 0.15) is 10.4 Å². The van der Waals surface area contributed by atoms with Gasteiger partial charge in [-0.2, -0.15) is 4.57 Å². The van der Waals surface area contributed by atoms with Crippen LogP contribution in [-0.4, -0.2) is 11.9 Å². The molecule has 0 radical (unpaired) electrons. The summed E-state index contributed by atoms with van der Waals surface area (Å²) in [6, 6.07) is 2.96. The van der Waals surface area contributed by atoms with E-state index in [0.717, 1.165) is 6.07 Å². The van der Waals surface area contributed by atoms with Gasteiger partial charge in [0.05, 0.1) is 10.9 Å². The highest BCUT2D eigenvalue weighted by molar-refractivity contribution is 7.20. The summed E-state index contributed by atoms with van der Waals surface area (Å²) in [6.45, 7) is 0.0616. The summed E-state index contributed by atoms with van der Waals surface area (Å²) in [6.07, 6.45) is -5.49. The zero-order chi connectivity index (χ0) is 45.9. The molecule has 61 heavy (non-hydrogen) atoms. The van der Waals surface area contributed by atoms with Gasteiger partial charge in [0.1, 0.15) is 64.3 Å². The first kappa shape index (κ1) is 46.0. The molecule has 0 fully saturated rings. The van der Waals surface area contributed by atoms with Crippen molar-refractivity contribution in [1.29, 1.82) is 0 Å². The molecule has 26 heteroatoms. The Morgan fingerprint density at radius 3 is 0.951 bits per heavy atom. The summed E-state index contributed by atoms with van der Waals surface area (Å²) in [5.74, 6) is -73.3. The fourth-order valence-corrected chi connectivity index (χ4v) is 6.79. The SMILES string of the molecule is Fc1c(F)c(F)c([B-](c2c(F)c(F)c(F)c(F)c2F)(c2c(F)c(F)c(F)c(F)c2F)c2c(F)c(F)c(F)c(F)c2F)c(F)c1F.O=C(C[n+]1ccsc1)c1ccc(F)cc1F. The zero-order valence-corrected chi connectivity index (χ0v) is 29.1. The molecular weight excluding hydrogens is 911 g/mol. The second-order valence-corrected chi connectivity index (χ2v) is 12.8. The predicted molar refractivity (Wildman–Crippen MR) is 164 cm³/mol. The van der Waals surface area contributed by atoms with E-state index in [9.17, 15) is 66.3 Å². The topological polar surface area (TPSA) is 20.9 Å². The highest BCUT2D eigenvalue weighted by Gasteiger charge is 2.52. The maximum atomic E-state index is 15.4. The second kappa shape index (κ2) is 16.8. The summed E-state index contributed by atoms with van der Waals surface area (Å²) in [5, 5.41) is 1.81. The molecule has 0 spiro atoms. The summed E-state index contributed by atoms with van der Waals surface area (Å²) in [7, 11) is 0. The Kier molecular flexibility index (Phi) is 12.6. The van der Waals surface area contributed by atoms with Crippen LogP contribution in [0.15, 0.2) is 35.3 Å². The van der Waals surface area contributed by atoms with Gasteiger partial charge in [-0.05, 0) is 12.1 Å². The minimum absolute atomic E-state index is 0.0616. The quantitative estimate of drug-likeness (QED) is 0.0397. The number of ketones is 1. The molecule has 0 bridgehead atoms. The maximum absolute atomic E-state index is 15.4. The van der Waals surface area contributed by atoms with E-state index < -0.39 is 156 Å². The van der Waals surface area contributed by atoms with Gasteiger partial charge in [-0.1, -0.05) is 11.3 Å². The molecule has 1 heterocycles. The Morgan fingerprint density at radius 2 is 0.705 bits per heavy atom. The van der Waals surface area contributed by atoms with Gasteiger partial charge in [0.25, 0.3) is 0 Å². The van der Waals surface area contributed by atoms with Crippen molar-refractivity contribution < 1.29 is 106 Å². The van der Waals surface area contributed by atoms with Crippen LogP contribution in [0.4, 0.5) is 96.6 Å². The van der Waals surface area contributed by atoms with Crippen molar-refractivity contribution in [2.24, 2.45) is 0 Å². The van der Waals surface area contributed by atoms with Crippen LogP contribution in [0.3, 0.4) is 0 Å². The largest absolute Gasteiger partial charge is 0.287 e. The third kappa shape index (κ3) is 7.22. The lowest BCUT2D eigenvalue weighted by atomic mass is 9.12. The number of Topliss-reactive ketones (excluding diaryl/α,β-unsaturated/α-hetero) is 1. The molecule has 0 aliphatic carbocycles. The van der Waals surface area contributed by atoms with Crippen LogP contribution >= 0.6 is 11.3 Å². The maximum Gasteiger partial charge on any atom is 0.230 e. The van der Waals surface area contributed by atoms with Gasteiger partial charge in [0, 0.05) is 6.07 Å². The van der Waals surface area contributed by atoms with Gasteiger partial charge < -0.3 is 0 Å². The molecular formula is C35H8BF22NOS. The van der Waals surface area contributed by atoms with E-state index in [1.165, 1.54) is 17.4 Å². The predicted octanol–water partition coefficient (Wildman–Crippen LogP) is 8.04. The van der Waals surface area contributed by atoms with Crippen LogP contribution in [0, 0.1) is 128 Å². The number of carbonyl (C=O) groups is 1. The minimum Gasteiger partial charge on any atom is -0.287 e. The Balaban J connectivity index is 0.000000366. The average Bonchev–Trinajstić information content (AvgIpc) is 3.74. The van der Waals surface area contributed by atoms with Crippen molar-refractivity contribution in [3.05, 3.63) is 169 Å². The molecule has 1 aromatic heterocycles. The molecule has 0 unspecified atom stereocenters. The van der Waals surface area contributed by atoms with Crippen LogP contribution in [-0.2, 0) is 6.54 Å². The van der Waals surface area contributed by atoms with Gasteiger partial charge in [-0.15, -0.1) is 21.9 Å². The molecule has 2 nitrogen and oxygen atoms in total. The molecule has 0 aliphatic rings. The molecule has 0 saturated carbocycles. The lowest BCUT2D eigenvalue weighted by molar-refractivity contribution is -0.678. The first-order chi connectivity index (χ1) is 28.4. The lowest BCUT2D eigenvalue weighted by Crippen LogP contribution is -2.81. The molecule has 6 rings (SSSR count). The van der Waals surface area contributed by atoms with Crippen LogP contribution in [0.2, 0.25) is 0 Å². The zero-order valence-electron chi connectivity index (χ0n) is 28.3. The Labute approximate surface area is 326 Å². The number of nitrogens with zero attached hydrogens (tertiary/aromatic N) is 1. The molecule has 5 aromatic carbocycles. The number of benzene rings is 5. The van der Waals surface area contributed by atoms with Gasteiger partial charge >= 0.3 is 0 Å². The van der Waals surface area contributed by atoms with Crippen molar-refractivity contribution in [2.45, 2.75) is 6.54 Å². The standard InChI is InChI=1S/C24BF20.C11H8F2NOS/c26-5-1(6(27)14(35)21(42)13(5)34)25(2-7(28)15(36)22(43)16(37)8(2)29,3-9(30)17(38)23(44)18(39)10(3)31)4-11(32)19(40)24(45)20(41)12(4)33;12-8-1-2-9(10(13)5-8)11(15)6-14-3-4-16-7-14/h;1-5,7H,6H2/q-1;+1. The second-order valence-electron chi connectivity index (χ2n) is 12.0. The van der Waals surface area contributed by atoms with Crippen molar-refractivity contribution >= 4 is 45.1 Å². The summed E-state index contributed by atoms with van der Waals surface area (Å²) in [5.41, 5.74) is -12.7. The number of rotatable bonds is 7. The Bertz CT molecular complexity index is 2400. The van der Waals surface area contributed by atoms with Crippen LogP contribution in [0.5, 0.6) is 0 Å². The monoisotopic (exact) mass is 919 g/mol. The van der Waals surface area contributed by atoms with Crippen LogP contribution in [0.25, 0.3) is 0 Å². The molecule has 6 aromatic rings. The fourth-order valence-electron chi connectivity index (χ4n) is 6.19. The molecule has 0 N–H and O–H groups in total. The first-order valence-electron chi connectivity index (χ1n) is 15.5. The van der Waals surface area contributed by atoms with E-state index in [2.05, 4.69) is 0 Å². The Hall–Kier alpha value is -6.08. The van der Waals surface area contributed by atoms with Crippen molar-refractivity contribution in [2.75, 3.05) is 0 Å². The summed E-state index contributed by atoms with van der Waals surface area (Å²) in [4.78, 5) is 11.7. The third-order valence-electron chi connectivity index (χ3n) is 8.79. The average molecular weight is 919 g/mol. The van der Waals surface area contributed by atoms with Gasteiger partial charge in [-0.25, -0.2) is 96.6 Å². The number of aromatic nitrogens is 1. The molecule has 0 saturated heterocycles.